The number of furan rings is 1. The largest absolute Gasteiger partial charge is 0.491 e. The van der Waals surface area contributed by atoms with E-state index in [9.17, 15) is 9.59 Å². The van der Waals surface area contributed by atoms with E-state index in [0.29, 0.717) is 23.5 Å². The van der Waals surface area contributed by atoms with Crippen LogP contribution in [0.5, 0.6) is 5.75 Å². The van der Waals surface area contributed by atoms with Crippen molar-refractivity contribution in [3.05, 3.63) is 82.2 Å². The Kier molecular flexibility index (Phi) is 7.08. The van der Waals surface area contributed by atoms with Gasteiger partial charge in [-0.15, -0.1) is 0 Å². The molecule has 0 fully saturated rings. The maximum absolute atomic E-state index is 12.1. The summed E-state index contributed by atoms with van der Waals surface area (Å²) in [6.07, 6.45) is 0.254. The van der Waals surface area contributed by atoms with Crippen molar-refractivity contribution in [1.82, 2.24) is 5.32 Å². The summed E-state index contributed by atoms with van der Waals surface area (Å²) in [5.74, 6) is 0.611. The molecule has 1 aromatic heterocycles. The van der Waals surface area contributed by atoms with E-state index in [4.69, 9.17) is 9.15 Å². The number of carbonyl (C=O) groups is 2. The van der Waals surface area contributed by atoms with Crippen molar-refractivity contribution in [2.75, 3.05) is 18.5 Å². The minimum absolute atomic E-state index is 0.0874. The number of benzene rings is 2. The van der Waals surface area contributed by atoms with Gasteiger partial charge in [0.05, 0.1) is 13.0 Å². The average Bonchev–Trinajstić information content (AvgIpc) is 3.14. The number of rotatable bonds is 8. The standard InChI is InChI=1S/C22H21BrN2O4/c1-15-4-2-3-5-18(15)28-13-12-24-21(26)14-16-6-8-17(9-7-16)25-22(27)19-10-11-20(23)29-19/h2-11H,12-14H2,1H3,(H,24,26)(H,25,27). The van der Waals surface area contributed by atoms with Gasteiger partial charge in [-0.2, -0.15) is 0 Å². The van der Waals surface area contributed by atoms with Gasteiger partial charge in [0, 0.05) is 5.69 Å². The van der Waals surface area contributed by atoms with Gasteiger partial charge >= 0.3 is 0 Å². The van der Waals surface area contributed by atoms with Crippen LogP contribution in [0.1, 0.15) is 21.7 Å². The molecule has 150 valence electrons. The number of nitrogens with one attached hydrogen (secondary N) is 2. The molecule has 0 aliphatic heterocycles. The normalized spacial score (nSPS) is 10.4. The summed E-state index contributed by atoms with van der Waals surface area (Å²) < 4.78 is 11.4. The van der Waals surface area contributed by atoms with Crippen molar-refractivity contribution < 1.29 is 18.7 Å². The molecule has 2 N–H and O–H groups in total. The molecule has 7 heteroatoms. The third-order valence-corrected chi connectivity index (χ3v) is 4.58. The second-order valence-corrected chi connectivity index (χ2v) is 7.18. The highest BCUT2D eigenvalue weighted by Crippen LogP contribution is 2.17. The van der Waals surface area contributed by atoms with Gasteiger partial charge in [0.2, 0.25) is 5.91 Å². The lowest BCUT2D eigenvalue weighted by molar-refractivity contribution is -0.120. The van der Waals surface area contributed by atoms with Crippen molar-refractivity contribution in [3.8, 4) is 5.75 Å². The van der Waals surface area contributed by atoms with Crippen LogP contribution in [0.25, 0.3) is 0 Å². The molecular weight excluding hydrogens is 436 g/mol. The minimum Gasteiger partial charge on any atom is -0.491 e. The van der Waals surface area contributed by atoms with Gasteiger partial charge in [0.1, 0.15) is 12.4 Å². The Bertz CT molecular complexity index is 982. The van der Waals surface area contributed by atoms with E-state index in [2.05, 4.69) is 26.6 Å². The third kappa shape index (κ3) is 6.22. The lowest BCUT2D eigenvalue weighted by atomic mass is 10.1. The lowest BCUT2D eigenvalue weighted by Crippen LogP contribution is -2.29. The maximum Gasteiger partial charge on any atom is 0.291 e. The van der Waals surface area contributed by atoms with Crippen LogP contribution in [0.15, 0.2) is 69.8 Å². The Balaban J connectivity index is 1.41. The van der Waals surface area contributed by atoms with Crippen LogP contribution in [0.2, 0.25) is 0 Å². The molecule has 0 saturated carbocycles. The molecular formula is C22H21BrN2O4. The zero-order chi connectivity index (χ0) is 20.6. The SMILES string of the molecule is Cc1ccccc1OCCNC(=O)Cc1ccc(NC(=O)c2ccc(Br)o2)cc1. The fourth-order valence-electron chi connectivity index (χ4n) is 2.65. The summed E-state index contributed by atoms with van der Waals surface area (Å²) in [7, 11) is 0. The molecule has 0 saturated heterocycles. The van der Waals surface area contributed by atoms with Crippen LogP contribution >= 0.6 is 15.9 Å². The number of aryl methyl sites for hydroxylation is 1. The zero-order valence-corrected chi connectivity index (χ0v) is 17.5. The second-order valence-electron chi connectivity index (χ2n) is 6.40. The van der Waals surface area contributed by atoms with Gasteiger partial charge in [-0.25, -0.2) is 0 Å². The van der Waals surface area contributed by atoms with Gasteiger partial charge in [-0.3, -0.25) is 9.59 Å². The number of para-hydroxylation sites is 1. The Morgan fingerprint density at radius 1 is 1.03 bits per heavy atom. The molecule has 0 unspecified atom stereocenters. The molecule has 1 heterocycles. The maximum atomic E-state index is 12.1. The first kappa shape index (κ1) is 20.7. The number of halogens is 1. The Hall–Kier alpha value is -3.06. The van der Waals surface area contributed by atoms with E-state index in [-0.39, 0.29) is 24.0 Å². The molecule has 3 rings (SSSR count). The number of ether oxygens (including phenoxy) is 1. The first-order valence-electron chi connectivity index (χ1n) is 9.12. The molecule has 0 radical (unpaired) electrons. The number of hydrogen-bond acceptors (Lipinski definition) is 4. The van der Waals surface area contributed by atoms with E-state index < -0.39 is 0 Å². The van der Waals surface area contributed by atoms with Gasteiger partial charge < -0.3 is 19.8 Å². The Morgan fingerprint density at radius 2 is 1.79 bits per heavy atom. The van der Waals surface area contributed by atoms with Crippen LogP contribution in [0.3, 0.4) is 0 Å². The summed E-state index contributed by atoms with van der Waals surface area (Å²) in [4.78, 5) is 24.1. The van der Waals surface area contributed by atoms with Gasteiger partial charge in [0.15, 0.2) is 10.4 Å². The molecule has 29 heavy (non-hydrogen) atoms. The molecule has 0 aliphatic rings. The second kappa shape index (κ2) is 9.93. The molecule has 0 bridgehead atoms. The van der Waals surface area contributed by atoms with E-state index in [1.54, 1.807) is 36.4 Å². The summed E-state index contributed by atoms with van der Waals surface area (Å²) in [6.45, 7) is 2.82. The van der Waals surface area contributed by atoms with Crippen LogP contribution in [-0.2, 0) is 11.2 Å². The number of hydrogen-bond donors (Lipinski definition) is 2. The van der Waals surface area contributed by atoms with Crippen LogP contribution in [0.4, 0.5) is 5.69 Å². The first-order chi connectivity index (χ1) is 14.0. The smallest absolute Gasteiger partial charge is 0.291 e. The summed E-state index contributed by atoms with van der Waals surface area (Å²) in [5.41, 5.74) is 2.53. The van der Waals surface area contributed by atoms with Crippen molar-refractivity contribution in [3.63, 3.8) is 0 Å². The third-order valence-electron chi connectivity index (χ3n) is 4.15. The summed E-state index contributed by atoms with van der Waals surface area (Å²) in [5, 5.41) is 5.58. The zero-order valence-electron chi connectivity index (χ0n) is 15.9. The molecule has 2 aromatic carbocycles. The van der Waals surface area contributed by atoms with Crippen molar-refractivity contribution in [1.29, 1.82) is 0 Å². The van der Waals surface area contributed by atoms with Gasteiger partial charge in [-0.05, 0) is 64.3 Å². The van der Waals surface area contributed by atoms with E-state index in [0.717, 1.165) is 16.9 Å². The number of carbonyl (C=O) groups excluding carboxylic acids is 2. The Morgan fingerprint density at radius 3 is 2.48 bits per heavy atom. The van der Waals surface area contributed by atoms with E-state index in [1.165, 1.54) is 0 Å². The van der Waals surface area contributed by atoms with E-state index >= 15 is 0 Å². The highest BCUT2D eigenvalue weighted by atomic mass is 79.9. The van der Waals surface area contributed by atoms with Gasteiger partial charge in [-0.1, -0.05) is 30.3 Å². The monoisotopic (exact) mass is 456 g/mol. The topological polar surface area (TPSA) is 80.6 Å². The van der Waals surface area contributed by atoms with Crippen LogP contribution < -0.4 is 15.4 Å². The summed E-state index contributed by atoms with van der Waals surface area (Å²) >= 11 is 3.16. The quantitative estimate of drug-likeness (QED) is 0.494. The highest BCUT2D eigenvalue weighted by molar-refractivity contribution is 9.10. The lowest BCUT2D eigenvalue weighted by Gasteiger charge is -2.10. The molecule has 0 atom stereocenters. The average molecular weight is 457 g/mol. The van der Waals surface area contributed by atoms with Crippen molar-refractivity contribution >= 4 is 33.4 Å². The van der Waals surface area contributed by atoms with Crippen LogP contribution in [0, 0.1) is 6.92 Å². The van der Waals surface area contributed by atoms with Gasteiger partial charge in [0.25, 0.3) is 5.91 Å². The predicted molar refractivity (Wildman–Crippen MR) is 114 cm³/mol. The predicted octanol–water partition coefficient (Wildman–Crippen LogP) is 4.34. The number of anilines is 1. The molecule has 6 nitrogen and oxygen atoms in total. The van der Waals surface area contributed by atoms with Crippen LogP contribution in [-0.4, -0.2) is 25.0 Å². The molecule has 2 amide bonds. The first-order valence-corrected chi connectivity index (χ1v) is 9.91. The number of amides is 2. The molecule has 0 aliphatic carbocycles. The Labute approximate surface area is 177 Å². The fraction of sp³-hybridized carbons (Fsp3) is 0.182. The van der Waals surface area contributed by atoms with Crippen molar-refractivity contribution in [2.45, 2.75) is 13.3 Å². The fourth-order valence-corrected chi connectivity index (χ4v) is 2.96. The summed E-state index contributed by atoms with van der Waals surface area (Å²) in [6, 6.07) is 18.1. The molecule has 0 spiro atoms. The molecule has 3 aromatic rings. The van der Waals surface area contributed by atoms with E-state index in [1.807, 2.05) is 31.2 Å². The minimum atomic E-state index is -0.338. The van der Waals surface area contributed by atoms with Crippen molar-refractivity contribution in [2.24, 2.45) is 0 Å². The highest BCUT2D eigenvalue weighted by Gasteiger charge is 2.11.